The smallest absolute Gasteiger partial charge is 0.0478 e. The molecule has 3 heteroatoms. The highest BCUT2D eigenvalue weighted by Crippen LogP contribution is 2.29. The molecule has 1 nitrogen and oxygen atoms in total. The SMILES string of the molecule is CCNc1ccccc1SCSCC. The summed E-state index contributed by atoms with van der Waals surface area (Å²) in [6.45, 7) is 5.31. The second-order valence-corrected chi connectivity index (χ2v) is 5.44. The van der Waals surface area contributed by atoms with Gasteiger partial charge in [-0.05, 0) is 24.8 Å². The van der Waals surface area contributed by atoms with Gasteiger partial charge in [0.1, 0.15) is 0 Å². The number of para-hydroxylation sites is 1. The first-order valence-corrected chi connectivity index (χ1v) is 7.06. The van der Waals surface area contributed by atoms with Crippen LogP contribution < -0.4 is 5.32 Å². The molecule has 0 amide bonds. The van der Waals surface area contributed by atoms with Gasteiger partial charge in [-0.3, -0.25) is 0 Å². The van der Waals surface area contributed by atoms with Gasteiger partial charge in [0.05, 0.1) is 0 Å². The molecule has 0 aliphatic heterocycles. The lowest BCUT2D eigenvalue weighted by Crippen LogP contribution is -1.97. The molecule has 0 fully saturated rings. The molecule has 1 aromatic carbocycles. The maximum absolute atomic E-state index is 3.37. The molecule has 0 aliphatic rings. The largest absolute Gasteiger partial charge is 0.384 e. The van der Waals surface area contributed by atoms with Gasteiger partial charge < -0.3 is 5.32 Å². The standard InChI is InChI=1S/C11H17NS2/c1-3-12-10-7-5-6-8-11(10)14-9-13-4-2/h5-8,12H,3-4,9H2,1-2H3. The van der Waals surface area contributed by atoms with Crippen molar-refractivity contribution in [2.45, 2.75) is 18.7 Å². The molecular formula is C11H17NS2. The van der Waals surface area contributed by atoms with E-state index in [2.05, 4.69) is 43.4 Å². The molecule has 0 bridgehead atoms. The zero-order valence-electron chi connectivity index (χ0n) is 8.75. The van der Waals surface area contributed by atoms with Gasteiger partial charge in [0.15, 0.2) is 0 Å². The van der Waals surface area contributed by atoms with Crippen LogP contribution in [0.3, 0.4) is 0 Å². The van der Waals surface area contributed by atoms with Crippen LogP contribution in [0.1, 0.15) is 13.8 Å². The highest BCUT2D eigenvalue weighted by atomic mass is 32.2. The van der Waals surface area contributed by atoms with Crippen LogP contribution in [-0.4, -0.2) is 17.4 Å². The molecule has 0 saturated carbocycles. The summed E-state index contributed by atoms with van der Waals surface area (Å²) >= 11 is 3.88. The number of benzene rings is 1. The number of anilines is 1. The molecule has 0 atom stereocenters. The molecule has 0 saturated heterocycles. The zero-order chi connectivity index (χ0) is 10.2. The number of thioether (sulfide) groups is 2. The van der Waals surface area contributed by atoms with Gasteiger partial charge in [-0.2, -0.15) is 11.8 Å². The molecule has 14 heavy (non-hydrogen) atoms. The Bertz CT molecular complexity index is 263. The molecule has 0 aliphatic carbocycles. The summed E-state index contributed by atoms with van der Waals surface area (Å²) in [7, 11) is 0. The van der Waals surface area contributed by atoms with E-state index in [0.717, 1.165) is 11.6 Å². The molecule has 0 radical (unpaired) electrons. The average molecular weight is 227 g/mol. The molecule has 0 aromatic heterocycles. The van der Waals surface area contributed by atoms with Crippen LogP contribution in [0.15, 0.2) is 29.2 Å². The van der Waals surface area contributed by atoms with Gasteiger partial charge in [-0.1, -0.05) is 19.1 Å². The summed E-state index contributed by atoms with van der Waals surface area (Å²) in [5, 5.41) is 4.51. The van der Waals surface area contributed by atoms with E-state index < -0.39 is 0 Å². The third-order valence-corrected chi connectivity index (χ3v) is 3.97. The third-order valence-electron chi connectivity index (χ3n) is 1.76. The van der Waals surface area contributed by atoms with Crippen molar-refractivity contribution in [2.24, 2.45) is 0 Å². The fraction of sp³-hybridized carbons (Fsp3) is 0.455. The summed E-state index contributed by atoms with van der Waals surface area (Å²) in [6.07, 6.45) is 0. The Hall–Kier alpha value is -0.280. The lowest BCUT2D eigenvalue weighted by atomic mass is 10.3. The van der Waals surface area contributed by atoms with E-state index in [0.29, 0.717) is 0 Å². The molecule has 1 N–H and O–H groups in total. The summed E-state index contributed by atoms with van der Waals surface area (Å²) in [5.74, 6) is 1.19. The van der Waals surface area contributed by atoms with E-state index >= 15 is 0 Å². The molecule has 1 rings (SSSR count). The Morgan fingerprint density at radius 2 is 2.00 bits per heavy atom. The third kappa shape index (κ3) is 3.84. The predicted molar refractivity (Wildman–Crippen MR) is 69.5 cm³/mol. The number of nitrogens with one attached hydrogen (secondary N) is 1. The fourth-order valence-corrected chi connectivity index (χ4v) is 3.10. The van der Waals surface area contributed by atoms with Gasteiger partial charge >= 0.3 is 0 Å². The average Bonchev–Trinajstić information content (AvgIpc) is 2.21. The Kier molecular flexibility index (Phi) is 5.96. The van der Waals surface area contributed by atoms with Crippen LogP contribution in [0, 0.1) is 0 Å². The molecular weight excluding hydrogens is 210 g/mol. The van der Waals surface area contributed by atoms with Gasteiger partial charge in [0.2, 0.25) is 0 Å². The van der Waals surface area contributed by atoms with Crippen molar-refractivity contribution in [1.29, 1.82) is 0 Å². The van der Waals surface area contributed by atoms with E-state index in [9.17, 15) is 0 Å². The highest BCUT2D eigenvalue weighted by molar-refractivity contribution is 8.16. The minimum Gasteiger partial charge on any atom is -0.384 e. The summed E-state index contributed by atoms with van der Waals surface area (Å²) < 4.78 is 0. The van der Waals surface area contributed by atoms with Crippen molar-refractivity contribution >= 4 is 29.2 Å². The number of hydrogen-bond acceptors (Lipinski definition) is 3. The lowest BCUT2D eigenvalue weighted by Gasteiger charge is -2.09. The summed E-state index contributed by atoms with van der Waals surface area (Å²) in [5.41, 5.74) is 1.26. The van der Waals surface area contributed by atoms with Crippen LogP contribution in [-0.2, 0) is 0 Å². The van der Waals surface area contributed by atoms with Crippen LogP contribution in [0.25, 0.3) is 0 Å². The predicted octanol–water partition coefficient (Wildman–Crippen LogP) is 3.92. The summed E-state index contributed by atoms with van der Waals surface area (Å²) in [4.78, 5) is 1.36. The first kappa shape index (κ1) is 11.8. The Labute approximate surface area is 95.1 Å². The van der Waals surface area contributed by atoms with Gasteiger partial charge in [-0.25, -0.2) is 0 Å². The Balaban J connectivity index is 2.55. The molecule has 0 spiro atoms. The molecule has 0 unspecified atom stereocenters. The maximum atomic E-state index is 3.37. The van der Waals surface area contributed by atoms with Crippen molar-refractivity contribution in [3.63, 3.8) is 0 Å². The zero-order valence-corrected chi connectivity index (χ0v) is 10.4. The Morgan fingerprint density at radius 3 is 2.71 bits per heavy atom. The second kappa shape index (κ2) is 7.07. The van der Waals surface area contributed by atoms with Crippen LogP contribution in [0.4, 0.5) is 5.69 Å². The van der Waals surface area contributed by atoms with E-state index in [-0.39, 0.29) is 0 Å². The van der Waals surface area contributed by atoms with E-state index in [1.807, 2.05) is 23.5 Å². The van der Waals surface area contributed by atoms with Crippen molar-refractivity contribution in [3.05, 3.63) is 24.3 Å². The Morgan fingerprint density at radius 1 is 1.21 bits per heavy atom. The first-order chi connectivity index (χ1) is 6.88. The quantitative estimate of drug-likeness (QED) is 0.449. The van der Waals surface area contributed by atoms with Gasteiger partial charge in [0, 0.05) is 22.2 Å². The van der Waals surface area contributed by atoms with Crippen LogP contribution in [0.5, 0.6) is 0 Å². The second-order valence-electron chi connectivity index (χ2n) is 2.78. The van der Waals surface area contributed by atoms with Gasteiger partial charge in [0.25, 0.3) is 0 Å². The minimum atomic E-state index is 0.985. The van der Waals surface area contributed by atoms with E-state index in [1.54, 1.807) is 0 Å². The highest BCUT2D eigenvalue weighted by Gasteiger charge is 1.99. The van der Waals surface area contributed by atoms with Gasteiger partial charge in [-0.15, -0.1) is 11.8 Å². The van der Waals surface area contributed by atoms with Crippen molar-refractivity contribution in [3.8, 4) is 0 Å². The van der Waals surface area contributed by atoms with Crippen molar-refractivity contribution in [1.82, 2.24) is 0 Å². The molecule has 78 valence electrons. The topological polar surface area (TPSA) is 12.0 Å². The van der Waals surface area contributed by atoms with Crippen LogP contribution >= 0.6 is 23.5 Å². The first-order valence-electron chi connectivity index (χ1n) is 4.92. The summed E-state index contributed by atoms with van der Waals surface area (Å²) in [6, 6.07) is 8.50. The molecule has 0 heterocycles. The van der Waals surface area contributed by atoms with E-state index in [1.165, 1.54) is 16.3 Å². The minimum absolute atomic E-state index is 0.985. The maximum Gasteiger partial charge on any atom is 0.0478 e. The van der Waals surface area contributed by atoms with Crippen LogP contribution in [0.2, 0.25) is 0 Å². The normalized spacial score (nSPS) is 10.1. The number of rotatable bonds is 6. The number of hydrogen-bond donors (Lipinski definition) is 1. The lowest BCUT2D eigenvalue weighted by molar-refractivity contribution is 1.19. The van der Waals surface area contributed by atoms with Crippen molar-refractivity contribution < 1.29 is 0 Å². The van der Waals surface area contributed by atoms with E-state index in [4.69, 9.17) is 0 Å². The monoisotopic (exact) mass is 227 g/mol. The van der Waals surface area contributed by atoms with Crippen molar-refractivity contribution in [2.75, 3.05) is 22.7 Å². The fourth-order valence-electron chi connectivity index (χ4n) is 1.12. The molecule has 1 aromatic rings.